The molecule has 3 rings (SSSR count). The van der Waals surface area contributed by atoms with Crippen LogP contribution in [0.15, 0.2) is 53.4 Å². The van der Waals surface area contributed by atoms with Gasteiger partial charge in [-0.15, -0.1) is 0 Å². The number of fused-ring (bicyclic) bond motifs is 1. The standard InChI is InChI=1S/C20H25N3O2S2/c1-2-3-4-7-16-10-12-17(13-11-16)27(24,25)22-15-14-21-20-18-8-5-6-9-19(18)26-23-20/h5-6,8-13,22H,2-4,7,14-15H2,1H3,(H,21,23). The number of hydrogen-bond acceptors (Lipinski definition) is 5. The van der Waals surface area contributed by atoms with E-state index in [1.165, 1.54) is 29.9 Å². The zero-order chi connectivity index (χ0) is 19.1. The van der Waals surface area contributed by atoms with Crippen LogP contribution in [-0.4, -0.2) is 25.9 Å². The molecule has 0 aliphatic carbocycles. The Morgan fingerprint density at radius 3 is 2.56 bits per heavy atom. The molecule has 27 heavy (non-hydrogen) atoms. The minimum Gasteiger partial charge on any atom is -0.367 e. The van der Waals surface area contributed by atoms with E-state index in [9.17, 15) is 8.42 Å². The number of rotatable bonds is 10. The van der Waals surface area contributed by atoms with E-state index in [4.69, 9.17) is 0 Å². The molecule has 1 heterocycles. The average molecular weight is 404 g/mol. The van der Waals surface area contributed by atoms with Crippen LogP contribution < -0.4 is 10.0 Å². The Bertz CT molecular complexity index is 966. The van der Waals surface area contributed by atoms with E-state index in [1.54, 1.807) is 12.1 Å². The Balaban J connectivity index is 1.51. The number of anilines is 1. The lowest BCUT2D eigenvalue weighted by Crippen LogP contribution is -2.29. The van der Waals surface area contributed by atoms with Crippen molar-refractivity contribution in [1.29, 1.82) is 0 Å². The summed E-state index contributed by atoms with van der Waals surface area (Å²) < 4.78 is 33.0. The first-order valence-electron chi connectivity index (χ1n) is 9.27. The van der Waals surface area contributed by atoms with Crippen molar-refractivity contribution in [2.45, 2.75) is 37.5 Å². The van der Waals surface area contributed by atoms with E-state index in [2.05, 4.69) is 21.3 Å². The predicted molar refractivity (Wildman–Crippen MR) is 113 cm³/mol. The Labute approximate surface area is 165 Å². The Morgan fingerprint density at radius 1 is 1.00 bits per heavy atom. The first kappa shape index (κ1) is 19.8. The second-order valence-electron chi connectivity index (χ2n) is 6.45. The molecule has 5 nitrogen and oxygen atoms in total. The van der Waals surface area contributed by atoms with Crippen LogP contribution >= 0.6 is 11.5 Å². The molecule has 1 aromatic heterocycles. The van der Waals surface area contributed by atoms with Gasteiger partial charge in [-0.25, -0.2) is 13.1 Å². The van der Waals surface area contributed by atoms with Gasteiger partial charge in [0.05, 0.1) is 9.60 Å². The van der Waals surface area contributed by atoms with Crippen LogP contribution in [0.25, 0.3) is 10.1 Å². The SMILES string of the molecule is CCCCCc1ccc(S(=O)(=O)NCCNc2nsc3ccccc23)cc1. The summed E-state index contributed by atoms with van der Waals surface area (Å²) in [6.45, 7) is 2.95. The number of sulfonamides is 1. The second kappa shape index (κ2) is 9.30. The molecule has 3 aromatic rings. The van der Waals surface area contributed by atoms with Crippen molar-refractivity contribution in [3.63, 3.8) is 0 Å². The second-order valence-corrected chi connectivity index (χ2v) is 9.02. The van der Waals surface area contributed by atoms with Gasteiger partial charge in [-0.05, 0) is 54.2 Å². The van der Waals surface area contributed by atoms with Gasteiger partial charge in [-0.3, -0.25) is 0 Å². The van der Waals surface area contributed by atoms with Crippen molar-refractivity contribution in [3.05, 3.63) is 54.1 Å². The third kappa shape index (κ3) is 5.28. The first-order valence-corrected chi connectivity index (χ1v) is 11.5. The number of unbranched alkanes of at least 4 members (excludes halogenated alkanes) is 2. The molecular weight excluding hydrogens is 378 g/mol. The zero-order valence-electron chi connectivity index (χ0n) is 15.4. The maximum absolute atomic E-state index is 12.4. The van der Waals surface area contributed by atoms with Crippen molar-refractivity contribution in [3.8, 4) is 0 Å². The molecule has 2 aromatic carbocycles. The van der Waals surface area contributed by atoms with Crippen molar-refractivity contribution in [1.82, 2.24) is 9.10 Å². The van der Waals surface area contributed by atoms with E-state index >= 15 is 0 Å². The van der Waals surface area contributed by atoms with Crippen LogP contribution in [0.2, 0.25) is 0 Å². The minimum absolute atomic E-state index is 0.298. The fraction of sp³-hybridized carbons (Fsp3) is 0.350. The van der Waals surface area contributed by atoms with Crippen LogP contribution in [-0.2, 0) is 16.4 Å². The van der Waals surface area contributed by atoms with E-state index in [0.717, 1.165) is 28.7 Å². The summed E-state index contributed by atoms with van der Waals surface area (Å²) in [7, 11) is -3.49. The van der Waals surface area contributed by atoms with Crippen LogP contribution in [0.3, 0.4) is 0 Å². The third-order valence-electron chi connectivity index (χ3n) is 4.39. The van der Waals surface area contributed by atoms with Gasteiger partial charge in [0.25, 0.3) is 0 Å². The summed E-state index contributed by atoms with van der Waals surface area (Å²) in [4.78, 5) is 0.306. The highest BCUT2D eigenvalue weighted by molar-refractivity contribution is 7.89. The highest BCUT2D eigenvalue weighted by atomic mass is 32.2. The van der Waals surface area contributed by atoms with Gasteiger partial charge in [0, 0.05) is 18.5 Å². The molecule has 144 valence electrons. The Kier molecular flexibility index (Phi) is 6.82. The van der Waals surface area contributed by atoms with Crippen molar-refractivity contribution < 1.29 is 8.42 Å². The monoisotopic (exact) mass is 403 g/mol. The molecule has 0 amide bonds. The zero-order valence-corrected chi connectivity index (χ0v) is 17.1. The molecule has 0 fully saturated rings. The Hall–Kier alpha value is -1.96. The van der Waals surface area contributed by atoms with Gasteiger partial charge in [0.2, 0.25) is 10.0 Å². The molecular formula is C20H25N3O2S2. The molecule has 7 heteroatoms. The number of benzene rings is 2. The number of aryl methyl sites for hydroxylation is 1. The molecule has 0 radical (unpaired) electrons. The lowest BCUT2D eigenvalue weighted by molar-refractivity contribution is 0.583. The quantitative estimate of drug-likeness (QED) is 0.492. The lowest BCUT2D eigenvalue weighted by atomic mass is 10.1. The third-order valence-corrected chi connectivity index (χ3v) is 6.69. The lowest BCUT2D eigenvalue weighted by Gasteiger charge is -2.09. The maximum atomic E-state index is 12.4. The van der Waals surface area contributed by atoms with Gasteiger partial charge in [0.15, 0.2) is 0 Å². The normalized spacial score (nSPS) is 11.7. The topological polar surface area (TPSA) is 71.1 Å². The molecule has 0 saturated heterocycles. The highest BCUT2D eigenvalue weighted by Crippen LogP contribution is 2.25. The van der Waals surface area contributed by atoms with Crippen LogP contribution in [0.4, 0.5) is 5.82 Å². The van der Waals surface area contributed by atoms with Crippen molar-refractivity contribution >= 4 is 37.5 Å². The Morgan fingerprint density at radius 2 is 1.78 bits per heavy atom. The molecule has 0 aliphatic heterocycles. The highest BCUT2D eigenvalue weighted by Gasteiger charge is 2.13. The summed E-state index contributed by atoms with van der Waals surface area (Å²) in [5, 5.41) is 4.26. The summed E-state index contributed by atoms with van der Waals surface area (Å²) in [6.07, 6.45) is 4.51. The van der Waals surface area contributed by atoms with E-state index in [-0.39, 0.29) is 0 Å². The summed E-state index contributed by atoms with van der Waals surface area (Å²) in [5.41, 5.74) is 1.18. The summed E-state index contributed by atoms with van der Waals surface area (Å²) in [5.74, 6) is 0.797. The van der Waals surface area contributed by atoms with Gasteiger partial charge in [0.1, 0.15) is 5.82 Å². The average Bonchev–Trinajstić information content (AvgIpc) is 3.09. The number of hydrogen-bond donors (Lipinski definition) is 2. The number of aromatic nitrogens is 1. The summed E-state index contributed by atoms with van der Waals surface area (Å²) >= 11 is 1.43. The summed E-state index contributed by atoms with van der Waals surface area (Å²) in [6, 6.07) is 15.2. The van der Waals surface area contributed by atoms with E-state index < -0.39 is 10.0 Å². The van der Waals surface area contributed by atoms with E-state index in [0.29, 0.717) is 18.0 Å². The predicted octanol–water partition coefficient (Wildman–Crippen LogP) is 4.42. The molecule has 0 spiro atoms. The fourth-order valence-electron chi connectivity index (χ4n) is 2.88. The molecule has 2 N–H and O–H groups in total. The molecule has 0 saturated carbocycles. The van der Waals surface area contributed by atoms with Crippen LogP contribution in [0.1, 0.15) is 31.7 Å². The first-order chi connectivity index (χ1) is 13.1. The molecule has 0 aliphatic rings. The van der Waals surface area contributed by atoms with Gasteiger partial charge in [-0.2, -0.15) is 4.37 Å². The largest absolute Gasteiger partial charge is 0.367 e. The van der Waals surface area contributed by atoms with Crippen LogP contribution in [0.5, 0.6) is 0 Å². The van der Waals surface area contributed by atoms with E-state index in [1.807, 2.05) is 36.4 Å². The molecule has 0 atom stereocenters. The van der Waals surface area contributed by atoms with Gasteiger partial charge < -0.3 is 5.32 Å². The molecule has 0 unspecified atom stereocenters. The number of nitrogens with one attached hydrogen (secondary N) is 2. The van der Waals surface area contributed by atoms with Crippen molar-refractivity contribution in [2.24, 2.45) is 0 Å². The number of nitrogens with zero attached hydrogens (tertiary/aromatic N) is 1. The molecule has 0 bridgehead atoms. The minimum atomic E-state index is -3.49. The van der Waals surface area contributed by atoms with Gasteiger partial charge >= 0.3 is 0 Å². The van der Waals surface area contributed by atoms with Crippen molar-refractivity contribution in [2.75, 3.05) is 18.4 Å². The van der Waals surface area contributed by atoms with Gasteiger partial charge in [-0.1, -0.05) is 44.0 Å². The maximum Gasteiger partial charge on any atom is 0.240 e. The smallest absolute Gasteiger partial charge is 0.240 e. The fourth-order valence-corrected chi connectivity index (χ4v) is 4.66. The van der Waals surface area contributed by atoms with Crippen LogP contribution in [0, 0.1) is 0 Å².